The van der Waals surface area contributed by atoms with Crippen LogP contribution in [0.25, 0.3) is 10.9 Å². The third kappa shape index (κ3) is 1.09. The summed E-state index contributed by atoms with van der Waals surface area (Å²) in [7, 11) is 0. The molecule has 3 nitrogen and oxygen atoms in total. The van der Waals surface area contributed by atoms with E-state index in [1.807, 2.05) is 18.2 Å². The standard InChI is InChI=1S/C10H10N2O/c1-7(13)12-6-5-8-3-2-4-9(11)10(8)12/h2-6H,11H2,1H3. The third-order valence-electron chi connectivity index (χ3n) is 2.08. The number of nitrogens with two attached hydrogens (primary N) is 1. The Kier molecular flexibility index (Phi) is 1.59. The van der Waals surface area contributed by atoms with Crippen LogP contribution in [0.1, 0.15) is 11.7 Å². The van der Waals surface area contributed by atoms with Gasteiger partial charge in [0.25, 0.3) is 0 Å². The zero-order chi connectivity index (χ0) is 9.42. The molecule has 3 heteroatoms. The molecular formula is C10H10N2O. The van der Waals surface area contributed by atoms with Gasteiger partial charge in [0.15, 0.2) is 0 Å². The number of hydrogen-bond acceptors (Lipinski definition) is 2. The van der Waals surface area contributed by atoms with Gasteiger partial charge in [0.05, 0.1) is 11.2 Å². The minimum atomic E-state index is -0.0205. The molecule has 0 atom stereocenters. The molecule has 0 saturated carbocycles. The molecule has 0 unspecified atom stereocenters. The van der Waals surface area contributed by atoms with Crippen LogP contribution in [-0.2, 0) is 0 Å². The topological polar surface area (TPSA) is 48.0 Å². The van der Waals surface area contributed by atoms with Gasteiger partial charge in [0, 0.05) is 18.5 Å². The number of aromatic nitrogens is 1. The number of carbonyl (C=O) groups is 1. The van der Waals surface area contributed by atoms with Crippen molar-refractivity contribution in [2.75, 3.05) is 5.73 Å². The minimum Gasteiger partial charge on any atom is -0.397 e. The highest BCUT2D eigenvalue weighted by Gasteiger charge is 2.05. The molecule has 13 heavy (non-hydrogen) atoms. The van der Waals surface area contributed by atoms with Gasteiger partial charge in [0.2, 0.25) is 5.91 Å². The number of nitrogen functional groups attached to an aromatic ring is 1. The first-order chi connectivity index (χ1) is 6.20. The highest BCUT2D eigenvalue weighted by atomic mass is 16.1. The molecule has 0 aliphatic carbocycles. The first kappa shape index (κ1) is 7.86. The van der Waals surface area contributed by atoms with E-state index in [9.17, 15) is 4.79 Å². The van der Waals surface area contributed by atoms with Crippen molar-refractivity contribution in [1.82, 2.24) is 4.57 Å². The summed E-state index contributed by atoms with van der Waals surface area (Å²) >= 11 is 0. The van der Waals surface area contributed by atoms with Gasteiger partial charge in [-0.25, -0.2) is 0 Å². The molecule has 2 aromatic rings. The van der Waals surface area contributed by atoms with E-state index >= 15 is 0 Å². The first-order valence-electron chi connectivity index (χ1n) is 4.06. The van der Waals surface area contributed by atoms with Crippen molar-refractivity contribution in [3.05, 3.63) is 30.5 Å². The second kappa shape index (κ2) is 2.62. The van der Waals surface area contributed by atoms with Crippen LogP contribution in [0.3, 0.4) is 0 Å². The predicted molar refractivity (Wildman–Crippen MR) is 52.7 cm³/mol. The average molecular weight is 174 g/mol. The lowest BCUT2D eigenvalue weighted by Gasteiger charge is -2.01. The van der Waals surface area contributed by atoms with Gasteiger partial charge < -0.3 is 5.73 Å². The van der Waals surface area contributed by atoms with Crippen LogP contribution in [0.5, 0.6) is 0 Å². The number of anilines is 1. The summed E-state index contributed by atoms with van der Waals surface area (Å²) in [5, 5.41) is 0.996. The Morgan fingerprint density at radius 3 is 2.85 bits per heavy atom. The molecular weight excluding hydrogens is 164 g/mol. The normalized spacial score (nSPS) is 10.5. The fraction of sp³-hybridized carbons (Fsp3) is 0.100. The van der Waals surface area contributed by atoms with Gasteiger partial charge in [-0.15, -0.1) is 0 Å². The van der Waals surface area contributed by atoms with E-state index in [-0.39, 0.29) is 5.91 Å². The Labute approximate surface area is 75.8 Å². The van der Waals surface area contributed by atoms with Crippen molar-refractivity contribution in [2.24, 2.45) is 0 Å². The van der Waals surface area contributed by atoms with Crippen molar-refractivity contribution in [3.8, 4) is 0 Å². The summed E-state index contributed by atoms with van der Waals surface area (Å²) < 4.78 is 1.56. The van der Waals surface area contributed by atoms with E-state index in [4.69, 9.17) is 5.73 Å². The average Bonchev–Trinajstić information content (AvgIpc) is 2.49. The molecule has 0 bridgehead atoms. The van der Waals surface area contributed by atoms with Crippen LogP contribution in [0.4, 0.5) is 5.69 Å². The Morgan fingerprint density at radius 2 is 2.15 bits per heavy atom. The Hall–Kier alpha value is -1.77. The molecule has 2 rings (SSSR count). The quantitative estimate of drug-likeness (QED) is 0.620. The first-order valence-corrected chi connectivity index (χ1v) is 4.06. The lowest BCUT2D eigenvalue weighted by molar-refractivity contribution is 0.0942. The molecule has 1 aromatic carbocycles. The zero-order valence-corrected chi connectivity index (χ0v) is 7.32. The number of hydrogen-bond donors (Lipinski definition) is 1. The Balaban J connectivity index is 2.86. The van der Waals surface area contributed by atoms with Gasteiger partial charge in [-0.1, -0.05) is 12.1 Å². The van der Waals surface area contributed by atoms with E-state index in [1.165, 1.54) is 6.92 Å². The van der Waals surface area contributed by atoms with Gasteiger partial charge in [-0.2, -0.15) is 0 Å². The Morgan fingerprint density at radius 1 is 1.38 bits per heavy atom. The largest absolute Gasteiger partial charge is 0.397 e. The van der Waals surface area contributed by atoms with Crippen LogP contribution >= 0.6 is 0 Å². The second-order valence-electron chi connectivity index (χ2n) is 2.99. The lowest BCUT2D eigenvalue weighted by atomic mass is 10.2. The summed E-state index contributed by atoms with van der Waals surface area (Å²) in [6, 6.07) is 7.49. The summed E-state index contributed by atoms with van der Waals surface area (Å²) in [5.41, 5.74) is 7.20. The van der Waals surface area contributed by atoms with Crippen molar-refractivity contribution in [3.63, 3.8) is 0 Å². The van der Waals surface area contributed by atoms with E-state index in [2.05, 4.69) is 0 Å². The van der Waals surface area contributed by atoms with Crippen molar-refractivity contribution in [2.45, 2.75) is 6.92 Å². The van der Waals surface area contributed by atoms with E-state index in [1.54, 1.807) is 16.8 Å². The highest BCUT2D eigenvalue weighted by molar-refractivity contribution is 5.97. The Bertz CT molecular complexity index is 471. The van der Waals surface area contributed by atoms with E-state index in [0.29, 0.717) is 5.69 Å². The van der Waals surface area contributed by atoms with Crippen molar-refractivity contribution >= 4 is 22.5 Å². The van der Waals surface area contributed by atoms with Crippen LogP contribution in [0, 0.1) is 0 Å². The monoisotopic (exact) mass is 174 g/mol. The van der Waals surface area contributed by atoms with Crippen LogP contribution in [0.2, 0.25) is 0 Å². The fourth-order valence-corrected chi connectivity index (χ4v) is 1.48. The second-order valence-corrected chi connectivity index (χ2v) is 2.99. The van der Waals surface area contributed by atoms with E-state index in [0.717, 1.165) is 10.9 Å². The molecule has 0 saturated heterocycles. The summed E-state index contributed by atoms with van der Waals surface area (Å²) in [6.07, 6.45) is 1.74. The number of nitrogens with zero attached hydrogens (tertiary/aromatic N) is 1. The molecule has 2 N–H and O–H groups in total. The minimum absolute atomic E-state index is 0.0205. The highest BCUT2D eigenvalue weighted by Crippen LogP contribution is 2.21. The number of benzene rings is 1. The van der Waals surface area contributed by atoms with Crippen molar-refractivity contribution in [1.29, 1.82) is 0 Å². The lowest BCUT2D eigenvalue weighted by Crippen LogP contribution is -2.04. The van der Waals surface area contributed by atoms with Crippen LogP contribution < -0.4 is 5.73 Å². The maximum atomic E-state index is 11.2. The molecule has 1 aromatic heterocycles. The summed E-state index contributed by atoms with van der Waals surface area (Å²) in [6.45, 7) is 1.52. The SMILES string of the molecule is CC(=O)n1ccc2cccc(N)c21. The molecule has 0 aliphatic rings. The van der Waals surface area contributed by atoms with Gasteiger partial charge in [0.1, 0.15) is 0 Å². The van der Waals surface area contributed by atoms with Crippen molar-refractivity contribution < 1.29 is 4.79 Å². The maximum absolute atomic E-state index is 11.2. The maximum Gasteiger partial charge on any atom is 0.228 e. The smallest absolute Gasteiger partial charge is 0.228 e. The molecule has 0 amide bonds. The van der Waals surface area contributed by atoms with Crippen LogP contribution in [0.15, 0.2) is 30.5 Å². The summed E-state index contributed by atoms with van der Waals surface area (Å²) in [4.78, 5) is 11.2. The molecule has 66 valence electrons. The van der Waals surface area contributed by atoms with E-state index < -0.39 is 0 Å². The van der Waals surface area contributed by atoms with Gasteiger partial charge in [-0.05, 0) is 12.1 Å². The molecule has 0 fully saturated rings. The number of para-hydroxylation sites is 1. The predicted octanol–water partition coefficient (Wildman–Crippen LogP) is 1.88. The zero-order valence-electron chi connectivity index (χ0n) is 7.32. The number of fused-ring (bicyclic) bond motifs is 1. The number of rotatable bonds is 0. The fourth-order valence-electron chi connectivity index (χ4n) is 1.48. The third-order valence-corrected chi connectivity index (χ3v) is 2.08. The summed E-state index contributed by atoms with van der Waals surface area (Å²) in [5.74, 6) is -0.0205. The van der Waals surface area contributed by atoms with Gasteiger partial charge >= 0.3 is 0 Å². The molecule has 1 heterocycles. The van der Waals surface area contributed by atoms with Gasteiger partial charge in [-0.3, -0.25) is 9.36 Å². The number of carbonyl (C=O) groups excluding carboxylic acids is 1. The molecule has 0 radical (unpaired) electrons. The molecule has 0 spiro atoms. The molecule has 0 aliphatic heterocycles. The van der Waals surface area contributed by atoms with Crippen LogP contribution in [-0.4, -0.2) is 10.5 Å².